The Hall–Kier alpha value is -3.90. The van der Waals surface area contributed by atoms with Crippen LogP contribution in [0.25, 0.3) is 5.57 Å². The molecule has 3 amide bonds. The molecule has 0 aromatic heterocycles. The molecule has 0 spiro atoms. The van der Waals surface area contributed by atoms with Crippen LogP contribution in [-0.4, -0.2) is 17.7 Å². The van der Waals surface area contributed by atoms with E-state index in [0.717, 1.165) is 10.5 Å². The van der Waals surface area contributed by atoms with Gasteiger partial charge in [-0.1, -0.05) is 54.1 Å². The van der Waals surface area contributed by atoms with Gasteiger partial charge in [-0.25, -0.2) is 4.90 Å². The molecule has 7 heteroatoms. The Morgan fingerprint density at radius 1 is 0.906 bits per heavy atom. The van der Waals surface area contributed by atoms with E-state index in [1.807, 2.05) is 30.3 Å². The summed E-state index contributed by atoms with van der Waals surface area (Å²) in [6.45, 7) is 1.82. The maximum Gasteiger partial charge on any atom is 0.277 e. The van der Waals surface area contributed by atoms with Crippen LogP contribution in [0.5, 0.6) is 5.75 Å². The molecule has 32 heavy (non-hydrogen) atoms. The molecular weight excluding hydrogens is 428 g/mol. The summed E-state index contributed by atoms with van der Waals surface area (Å²) in [6, 6.07) is 23.0. The largest absolute Gasteiger partial charge is 0.489 e. The van der Waals surface area contributed by atoms with Crippen molar-refractivity contribution < 1.29 is 19.1 Å². The van der Waals surface area contributed by atoms with Gasteiger partial charge in [-0.15, -0.1) is 0 Å². The van der Waals surface area contributed by atoms with Gasteiger partial charge in [0, 0.05) is 12.6 Å². The Morgan fingerprint density at radius 2 is 1.56 bits per heavy atom. The zero-order valence-corrected chi connectivity index (χ0v) is 17.9. The summed E-state index contributed by atoms with van der Waals surface area (Å²) in [4.78, 5) is 38.0. The molecule has 6 nitrogen and oxygen atoms in total. The first kappa shape index (κ1) is 21.3. The van der Waals surface area contributed by atoms with Crippen molar-refractivity contribution in [1.29, 1.82) is 0 Å². The van der Waals surface area contributed by atoms with Crippen LogP contribution >= 0.6 is 11.6 Å². The van der Waals surface area contributed by atoms with Crippen LogP contribution in [0.3, 0.4) is 0 Å². The Morgan fingerprint density at radius 3 is 2.19 bits per heavy atom. The van der Waals surface area contributed by atoms with Crippen LogP contribution in [0.15, 0.2) is 83.9 Å². The number of imide groups is 1. The van der Waals surface area contributed by atoms with Gasteiger partial charge in [-0.3, -0.25) is 14.4 Å². The van der Waals surface area contributed by atoms with E-state index in [0.29, 0.717) is 29.3 Å². The molecule has 1 aliphatic heterocycles. The number of carbonyl (C=O) groups is 3. The minimum absolute atomic E-state index is 0.121. The maximum absolute atomic E-state index is 13.0. The van der Waals surface area contributed by atoms with Crippen LogP contribution in [-0.2, 0) is 21.0 Å². The number of nitrogens with zero attached hydrogens (tertiary/aromatic N) is 1. The smallest absolute Gasteiger partial charge is 0.277 e. The third-order valence-electron chi connectivity index (χ3n) is 4.86. The molecule has 0 fully saturated rings. The highest BCUT2D eigenvalue weighted by Gasteiger charge is 2.39. The van der Waals surface area contributed by atoms with Crippen molar-refractivity contribution in [1.82, 2.24) is 0 Å². The number of hydrogen-bond donors (Lipinski definition) is 1. The zero-order valence-electron chi connectivity index (χ0n) is 17.2. The minimum atomic E-state index is -0.587. The molecule has 0 saturated heterocycles. The highest BCUT2D eigenvalue weighted by molar-refractivity contribution is 6.60. The molecule has 4 rings (SSSR count). The van der Waals surface area contributed by atoms with Gasteiger partial charge >= 0.3 is 0 Å². The fraction of sp³-hybridized carbons (Fsp3) is 0.0800. The van der Waals surface area contributed by atoms with E-state index < -0.39 is 11.8 Å². The van der Waals surface area contributed by atoms with E-state index in [9.17, 15) is 14.4 Å². The predicted molar refractivity (Wildman–Crippen MR) is 123 cm³/mol. The van der Waals surface area contributed by atoms with Crippen molar-refractivity contribution in [2.75, 3.05) is 10.2 Å². The lowest BCUT2D eigenvalue weighted by atomic mass is 10.1. The van der Waals surface area contributed by atoms with Crippen LogP contribution in [0.4, 0.5) is 11.4 Å². The standard InChI is InChI=1S/C25H19ClN2O4/c1-16(29)27-19-9-7-18(8-10-19)22-23(26)25(31)28(24(22)30)20-11-13-21(14-12-20)32-15-17-5-3-2-4-6-17/h2-14H,15H2,1H3,(H,27,29). The second-order valence-electron chi connectivity index (χ2n) is 7.16. The Labute approximate surface area is 190 Å². The molecule has 160 valence electrons. The lowest BCUT2D eigenvalue weighted by molar-refractivity contribution is -0.120. The summed E-state index contributed by atoms with van der Waals surface area (Å²) in [5, 5.41) is 2.51. The number of benzene rings is 3. The molecular formula is C25H19ClN2O4. The SMILES string of the molecule is CC(=O)Nc1ccc(C2=C(Cl)C(=O)N(c3ccc(OCc4ccccc4)cc3)C2=O)cc1. The lowest BCUT2D eigenvalue weighted by Crippen LogP contribution is -2.31. The molecule has 1 heterocycles. The van der Waals surface area contributed by atoms with Gasteiger partial charge < -0.3 is 10.1 Å². The molecule has 3 aromatic rings. The summed E-state index contributed by atoms with van der Waals surface area (Å²) in [6.07, 6.45) is 0. The number of rotatable bonds is 6. The molecule has 0 bridgehead atoms. The fourth-order valence-electron chi connectivity index (χ4n) is 3.34. The molecule has 0 radical (unpaired) electrons. The second-order valence-corrected chi connectivity index (χ2v) is 7.54. The first-order valence-corrected chi connectivity index (χ1v) is 10.2. The number of halogens is 1. The summed E-state index contributed by atoms with van der Waals surface area (Å²) >= 11 is 6.25. The molecule has 0 saturated carbocycles. The molecule has 0 aliphatic carbocycles. The van der Waals surface area contributed by atoms with Gasteiger partial charge in [0.2, 0.25) is 5.91 Å². The van der Waals surface area contributed by atoms with Crippen LogP contribution < -0.4 is 15.0 Å². The summed E-state index contributed by atoms with van der Waals surface area (Å²) in [5.74, 6) is -0.685. The molecule has 0 atom stereocenters. The molecule has 1 N–H and O–H groups in total. The normalized spacial score (nSPS) is 13.5. The van der Waals surface area contributed by atoms with Crippen molar-refractivity contribution in [3.63, 3.8) is 0 Å². The number of amides is 3. The van der Waals surface area contributed by atoms with Gasteiger partial charge in [0.05, 0.1) is 11.3 Å². The van der Waals surface area contributed by atoms with Gasteiger partial charge in [-0.05, 0) is 47.5 Å². The van der Waals surface area contributed by atoms with Crippen LogP contribution in [0.1, 0.15) is 18.1 Å². The predicted octanol–water partition coefficient (Wildman–Crippen LogP) is 4.75. The summed E-state index contributed by atoms with van der Waals surface area (Å²) in [5.41, 5.74) is 2.63. The maximum atomic E-state index is 13.0. The third kappa shape index (κ3) is 4.40. The van der Waals surface area contributed by atoms with Crippen molar-refractivity contribution in [3.05, 3.63) is 95.0 Å². The first-order chi connectivity index (χ1) is 15.4. The number of hydrogen-bond acceptors (Lipinski definition) is 4. The van der Waals surface area contributed by atoms with Gasteiger partial charge in [-0.2, -0.15) is 0 Å². The van der Waals surface area contributed by atoms with Gasteiger partial charge in [0.25, 0.3) is 11.8 Å². The highest BCUT2D eigenvalue weighted by atomic mass is 35.5. The monoisotopic (exact) mass is 446 g/mol. The van der Waals surface area contributed by atoms with Crippen LogP contribution in [0, 0.1) is 0 Å². The number of ether oxygens (including phenoxy) is 1. The number of anilines is 2. The van der Waals surface area contributed by atoms with Crippen molar-refractivity contribution >= 4 is 46.3 Å². The highest BCUT2D eigenvalue weighted by Crippen LogP contribution is 2.35. The van der Waals surface area contributed by atoms with Crippen molar-refractivity contribution in [3.8, 4) is 5.75 Å². The average molecular weight is 447 g/mol. The Balaban J connectivity index is 1.50. The van der Waals surface area contributed by atoms with E-state index in [2.05, 4.69) is 5.32 Å². The van der Waals surface area contributed by atoms with Gasteiger partial charge in [0.15, 0.2) is 0 Å². The van der Waals surface area contributed by atoms with Crippen molar-refractivity contribution in [2.45, 2.75) is 13.5 Å². The Bertz CT molecular complexity index is 1200. The van der Waals surface area contributed by atoms with E-state index in [-0.39, 0.29) is 16.5 Å². The Kier molecular flexibility index (Phi) is 6.05. The lowest BCUT2D eigenvalue weighted by Gasteiger charge is -2.16. The minimum Gasteiger partial charge on any atom is -0.489 e. The zero-order chi connectivity index (χ0) is 22.7. The first-order valence-electron chi connectivity index (χ1n) is 9.87. The second kappa shape index (κ2) is 9.08. The van der Waals surface area contributed by atoms with E-state index in [4.69, 9.17) is 16.3 Å². The molecule has 1 aliphatic rings. The van der Waals surface area contributed by atoms with Crippen LogP contribution in [0.2, 0.25) is 0 Å². The van der Waals surface area contributed by atoms with E-state index in [1.165, 1.54) is 6.92 Å². The fourth-order valence-corrected chi connectivity index (χ4v) is 3.62. The molecule has 0 unspecified atom stereocenters. The third-order valence-corrected chi connectivity index (χ3v) is 5.22. The summed E-state index contributed by atoms with van der Waals surface area (Å²) in [7, 11) is 0. The number of carbonyl (C=O) groups excluding carboxylic acids is 3. The number of nitrogens with one attached hydrogen (secondary N) is 1. The topological polar surface area (TPSA) is 75.7 Å². The average Bonchev–Trinajstić information content (AvgIpc) is 3.02. The summed E-state index contributed by atoms with van der Waals surface area (Å²) < 4.78 is 5.76. The van der Waals surface area contributed by atoms with Gasteiger partial charge in [0.1, 0.15) is 17.4 Å². The van der Waals surface area contributed by atoms with E-state index in [1.54, 1.807) is 48.5 Å². The molecule has 3 aromatic carbocycles. The van der Waals surface area contributed by atoms with E-state index >= 15 is 0 Å². The quantitative estimate of drug-likeness (QED) is 0.554. The van der Waals surface area contributed by atoms with Crippen molar-refractivity contribution in [2.24, 2.45) is 0 Å².